The van der Waals surface area contributed by atoms with E-state index >= 15 is 0 Å². The van der Waals surface area contributed by atoms with Crippen LogP contribution in [0.1, 0.15) is 17.5 Å². The SMILES string of the molecule is C/C=C\c1scnc1C. The van der Waals surface area contributed by atoms with Crippen molar-refractivity contribution >= 4 is 17.4 Å². The van der Waals surface area contributed by atoms with Gasteiger partial charge >= 0.3 is 0 Å². The Morgan fingerprint density at radius 1 is 1.67 bits per heavy atom. The molecule has 0 bridgehead atoms. The molecule has 0 aliphatic heterocycles. The Bertz CT molecular complexity index is 212. The molecule has 1 nitrogen and oxygen atoms in total. The molecular weight excluding hydrogens is 130 g/mol. The van der Waals surface area contributed by atoms with Gasteiger partial charge in [-0.3, -0.25) is 0 Å². The second kappa shape index (κ2) is 2.78. The van der Waals surface area contributed by atoms with Crippen molar-refractivity contribution in [3.8, 4) is 0 Å². The van der Waals surface area contributed by atoms with Crippen LogP contribution in [0.25, 0.3) is 6.08 Å². The van der Waals surface area contributed by atoms with Crippen LogP contribution in [-0.4, -0.2) is 4.98 Å². The zero-order valence-corrected chi connectivity index (χ0v) is 6.40. The average Bonchev–Trinajstić information content (AvgIpc) is 2.18. The molecule has 0 radical (unpaired) electrons. The van der Waals surface area contributed by atoms with E-state index in [4.69, 9.17) is 0 Å². The topological polar surface area (TPSA) is 12.9 Å². The first-order valence-electron chi connectivity index (χ1n) is 2.87. The second-order valence-electron chi connectivity index (χ2n) is 1.80. The van der Waals surface area contributed by atoms with Gasteiger partial charge in [-0.25, -0.2) is 4.98 Å². The van der Waals surface area contributed by atoms with E-state index in [1.54, 1.807) is 11.3 Å². The first kappa shape index (κ1) is 6.49. The van der Waals surface area contributed by atoms with E-state index in [1.807, 2.05) is 25.4 Å². The average molecular weight is 139 g/mol. The summed E-state index contributed by atoms with van der Waals surface area (Å²) in [5.41, 5.74) is 2.99. The smallest absolute Gasteiger partial charge is 0.0801 e. The van der Waals surface area contributed by atoms with Crippen LogP contribution in [-0.2, 0) is 0 Å². The van der Waals surface area contributed by atoms with Gasteiger partial charge in [-0.1, -0.05) is 6.08 Å². The maximum atomic E-state index is 4.10. The first-order chi connectivity index (χ1) is 4.34. The minimum Gasteiger partial charge on any atom is -0.249 e. The molecule has 0 atom stereocenters. The molecule has 0 saturated carbocycles. The number of aryl methyl sites for hydroxylation is 1. The summed E-state index contributed by atoms with van der Waals surface area (Å²) in [5.74, 6) is 0. The fourth-order valence-electron chi connectivity index (χ4n) is 0.622. The van der Waals surface area contributed by atoms with Crippen molar-refractivity contribution in [2.24, 2.45) is 0 Å². The van der Waals surface area contributed by atoms with Crippen molar-refractivity contribution in [3.05, 3.63) is 22.2 Å². The van der Waals surface area contributed by atoms with Crippen LogP contribution in [0.3, 0.4) is 0 Å². The van der Waals surface area contributed by atoms with Crippen molar-refractivity contribution in [1.29, 1.82) is 0 Å². The van der Waals surface area contributed by atoms with Gasteiger partial charge in [0.25, 0.3) is 0 Å². The molecule has 0 N–H and O–H groups in total. The van der Waals surface area contributed by atoms with Gasteiger partial charge in [0.1, 0.15) is 0 Å². The van der Waals surface area contributed by atoms with E-state index < -0.39 is 0 Å². The molecule has 0 saturated heterocycles. The molecule has 0 unspecified atom stereocenters. The molecule has 0 fully saturated rings. The molecule has 0 amide bonds. The Labute approximate surface area is 59.1 Å². The van der Waals surface area contributed by atoms with E-state index in [1.165, 1.54) is 4.88 Å². The zero-order chi connectivity index (χ0) is 6.69. The predicted molar refractivity (Wildman–Crippen MR) is 41.6 cm³/mol. The fourth-order valence-corrected chi connectivity index (χ4v) is 1.38. The monoisotopic (exact) mass is 139 g/mol. The number of nitrogens with zero attached hydrogens (tertiary/aromatic N) is 1. The highest BCUT2D eigenvalue weighted by Crippen LogP contribution is 2.12. The van der Waals surface area contributed by atoms with Gasteiger partial charge in [-0.2, -0.15) is 0 Å². The van der Waals surface area contributed by atoms with Crippen molar-refractivity contribution in [2.75, 3.05) is 0 Å². The zero-order valence-electron chi connectivity index (χ0n) is 5.59. The van der Waals surface area contributed by atoms with E-state index in [0.717, 1.165) is 5.69 Å². The fraction of sp³-hybridized carbons (Fsp3) is 0.286. The molecule has 0 spiro atoms. The number of hydrogen-bond acceptors (Lipinski definition) is 2. The number of thiazole rings is 1. The molecule has 0 aliphatic carbocycles. The third-order valence-corrected chi connectivity index (χ3v) is 2.00. The lowest BCUT2D eigenvalue weighted by atomic mass is 10.4. The van der Waals surface area contributed by atoms with Crippen LogP contribution in [0.4, 0.5) is 0 Å². The molecule has 9 heavy (non-hydrogen) atoms. The molecule has 2 heteroatoms. The largest absolute Gasteiger partial charge is 0.249 e. The first-order valence-corrected chi connectivity index (χ1v) is 3.75. The minimum atomic E-state index is 1.12. The molecule has 0 aromatic carbocycles. The Hall–Kier alpha value is -0.630. The quantitative estimate of drug-likeness (QED) is 0.582. The summed E-state index contributed by atoms with van der Waals surface area (Å²) in [4.78, 5) is 5.36. The highest BCUT2D eigenvalue weighted by Gasteiger charge is 1.92. The molecule has 1 heterocycles. The Balaban J connectivity index is 2.94. The van der Waals surface area contributed by atoms with Crippen LogP contribution in [0.2, 0.25) is 0 Å². The van der Waals surface area contributed by atoms with Gasteiger partial charge in [0.15, 0.2) is 0 Å². The maximum Gasteiger partial charge on any atom is 0.0801 e. The summed E-state index contributed by atoms with van der Waals surface area (Å²) >= 11 is 1.68. The van der Waals surface area contributed by atoms with E-state index in [0.29, 0.717) is 0 Å². The summed E-state index contributed by atoms with van der Waals surface area (Å²) in [6, 6.07) is 0. The van der Waals surface area contributed by atoms with E-state index in [2.05, 4.69) is 11.1 Å². The van der Waals surface area contributed by atoms with Gasteiger partial charge in [0.2, 0.25) is 0 Å². The lowest BCUT2D eigenvalue weighted by Gasteiger charge is -1.82. The third kappa shape index (κ3) is 1.39. The van der Waals surface area contributed by atoms with Crippen LogP contribution < -0.4 is 0 Å². The summed E-state index contributed by atoms with van der Waals surface area (Å²) in [6.45, 7) is 4.03. The maximum absolute atomic E-state index is 4.10. The Morgan fingerprint density at radius 2 is 2.44 bits per heavy atom. The standard InChI is InChI=1S/C7H9NS/c1-3-4-7-6(2)8-5-9-7/h3-5H,1-2H3/b4-3-. The summed E-state index contributed by atoms with van der Waals surface area (Å²) in [7, 11) is 0. The third-order valence-electron chi connectivity index (χ3n) is 1.10. The van der Waals surface area contributed by atoms with E-state index in [-0.39, 0.29) is 0 Å². The number of hydrogen-bond donors (Lipinski definition) is 0. The van der Waals surface area contributed by atoms with Crippen molar-refractivity contribution < 1.29 is 0 Å². The van der Waals surface area contributed by atoms with Crippen molar-refractivity contribution in [3.63, 3.8) is 0 Å². The summed E-state index contributed by atoms with van der Waals surface area (Å²) in [5, 5.41) is 0. The van der Waals surface area contributed by atoms with Crippen molar-refractivity contribution in [2.45, 2.75) is 13.8 Å². The summed E-state index contributed by atoms with van der Waals surface area (Å²) in [6.07, 6.45) is 4.10. The van der Waals surface area contributed by atoms with Crippen LogP contribution in [0, 0.1) is 6.92 Å². The highest BCUT2D eigenvalue weighted by atomic mass is 32.1. The number of rotatable bonds is 1. The van der Waals surface area contributed by atoms with E-state index in [9.17, 15) is 0 Å². The van der Waals surface area contributed by atoms with Gasteiger partial charge in [0, 0.05) is 4.88 Å². The molecule has 0 aliphatic rings. The Kier molecular flexibility index (Phi) is 2.01. The van der Waals surface area contributed by atoms with Crippen LogP contribution in [0.5, 0.6) is 0 Å². The molecule has 1 aromatic heterocycles. The van der Waals surface area contributed by atoms with Gasteiger partial charge < -0.3 is 0 Å². The molecule has 1 rings (SSSR count). The lowest BCUT2D eigenvalue weighted by Crippen LogP contribution is -1.69. The van der Waals surface area contributed by atoms with Crippen LogP contribution in [0.15, 0.2) is 11.6 Å². The number of allylic oxidation sites excluding steroid dienone is 1. The predicted octanol–water partition coefficient (Wildman–Crippen LogP) is 2.48. The van der Waals surface area contributed by atoms with Gasteiger partial charge in [0.05, 0.1) is 11.2 Å². The van der Waals surface area contributed by atoms with Crippen molar-refractivity contribution in [1.82, 2.24) is 4.98 Å². The number of aromatic nitrogens is 1. The molecule has 1 aromatic rings. The second-order valence-corrected chi connectivity index (χ2v) is 2.69. The van der Waals surface area contributed by atoms with Gasteiger partial charge in [-0.05, 0) is 19.9 Å². The Morgan fingerprint density at radius 3 is 2.89 bits per heavy atom. The minimum absolute atomic E-state index is 1.12. The lowest BCUT2D eigenvalue weighted by molar-refractivity contribution is 1.26. The summed E-state index contributed by atoms with van der Waals surface area (Å²) < 4.78 is 0. The molecule has 48 valence electrons. The highest BCUT2D eigenvalue weighted by molar-refractivity contribution is 7.10. The normalized spacial score (nSPS) is 10.9. The molecular formula is C7H9NS. The van der Waals surface area contributed by atoms with Gasteiger partial charge in [-0.15, -0.1) is 11.3 Å². The van der Waals surface area contributed by atoms with Crippen LogP contribution >= 0.6 is 11.3 Å².